The lowest BCUT2D eigenvalue weighted by Crippen LogP contribution is -2.44. The van der Waals surface area contributed by atoms with Crippen LogP contribution < -0.4 is 5.56 Å². The zero-order valence-electron chi connectivity index (χ0n) is 14.8. The highest BCUT2D eigenvalue weighted by atomic mass is 32.1. The first-order valence-corrected chi connectivity index (χ1v) is 10.4. The van der Waals surface area contributed by atoms with Crippen LogP contribution in [0.4, 0.5) is 0 Å². The summed E-state index contributed by atoms with van der Waals surface area (Å²) in [6, 6.07) is 0.891. The fourth-order valence-corrected chi connectivity index (χ4v) is 5.56. The molecule has 2 aliphatic carbocycles. The molecule has 1 saturated carbocycles. The van der Waals surface area contributed by atoms with Gasteiger partial charge in [-0.25, -0.2) is 4.98 Å². The maximum atomic E-state index is 11.5. The van der Waals surface area contributed by atoms with Crippen molar-refractivity contribution in [2.75, 3.05) is 26.3 Å². The van der Waals surface area contributed by atoms with Crippen molar-refractivity contribution in [3.63, 3.8) is 0 Å². The predicted molar refractivity (Wildman–Crippen MR) is 102 cm³/mol. The normalized spacial score (nSPS) is 21.8. The maximum Gasteiger partial charge on any atom is 0.259 e. The number of hydrogen-bond donors (Lipinski definition) is 1. The van der Waals surface area contributed by atoms with Crippen LogP contribution in [-0.2, 0) is 17.6 Å². The summed E-state index contributed by atoms with van der Waals surface area (Å²) >= 11 is 1.67. The third-order valence-corrected chi connectivity index (χ3v) is 6.84. The molecular weight excluding hydrogens is 334 g/mol. The van der Waals surface area contributed by atoms with E-state index in [9.17, 15) is 4.79 Å². The Kier molecular flexibility index (Phi) is 5.48. The number of morpholine rings is 1. The van der Waals surface area contributed by atoms with E-state index < -0.39 is 0 Å². The minimum Gasteiger partial charge on any atom is -0.379 e. The van der Waals surface area contributed by atoms with Gasteiger partial charge < -0.3 is 9.72 Å². The van der Waals surface area contributed by atoms with Gasteiger partial charge in [0.15, 0.2) is 0 Å². The molecule has 0 aromatic carbocycles. The van der Waals surface area contributed by atoms with Gasteiger partial charge in [-0.1, -0.05) is 19.3 Å². The Morgan fingerprint density at radius 2 is 1.92 bits per heavy atom. The number of rotatable bonds is 1. The molecule has 2 aromatic heterocycles. The molecule has 0 bridgehead atoms. The van der Waals surface area contributed by atoms with Crippen LogP contribution >= 0.6 is 11.3 Å². The van der Waals surface area contributed by atoms with Crippen molar-refractivity contribution in [2.45, 2.75) is 57.4 Å². The van der Waals surface area contributed by atoms with Crippen molar-refractivity contribution < 1.29 is 4.74 Å². The average molecular weight is 362 g/mol. The van der Waals surface area contributed by atoms with E-state index in [1.54, 1.807) is 11.3 Å². The van der Waals surface area contributed by atoms with Gasteiger partial charge in [0.2, 0.25) is 0 Å². The van der Waals surface area contributed by atoms with Crippen molar-refractivity contribution in [2.24, 2.45) is 0 Å². The molecule has 6 heteroatoms. The maximum absolute atomic E-state index is 11.5. The van der Waals surface area contributed by atoms with Crippen LogP contribution in [0.5, 0.6) is 0 Å². The van der Waals surface area contributed by atoms with Gasteiger partial charge >= 0.3 is 0 Å². The van der Waals surface area contributed by atoms with E-state index >= 15 is 0 Å². The van der Waals surface area contributed by atoms with E-state index in [2.05, 4.69) is 14.9 Å². The number of hydrogen-bond acceptors (Lipinski definition) is 5. The number of fused-ring (bicyclic) bond motifs is 3. The summed E-state index contributed by atoms with van der Waals surface area (Å²) < 4.78 is 5.35. The first-order valence-electron chi connectivity index (χ1n) is 9.62. The molecular formula is C19H27N3O2S. The minimum absolute atomic E-state index is 0.0180. The smallest absolute Gasteiger partial charge is 0.259 e. The molecule has 25 heavy (non-hydrogen) atoms. The Balaban J connectivity index is 0.000000126. The highest BCUT2D eigenvalue weighted by Crippen LogP contribution is 2.33. The summed E-state index contributed by atoms with van der Waals surface area (Å²) in [6.07, 6.45) is 12.0. The van der Waals surface area contributed by atoms with Crippen LogP contribution in [0, 0.1) is 0 Å². The van der Waals surface area contributed by atoms with Crippen LogP contribution in [0.1, 0.15) is 49.0 Å². The summed E-state index contributed by atoms with van der Waals surface area (Å²) in [5.74, 6) is 0. The summed E-state index contributed by atoms with van der Waals surface area (Å²) in [5, 5.41) is 0.833. The van der Waals surface area contributed by atoms with Gasteiger partial charge in [0.25, 0.3) is 5.56 Å². The molecule has 2 aromatic rings. The number of ether oxygens (including phenoxy) is 1. The highest BCUT2D eigenvalue weighted by molar-refractivity contribution is 7.18. The molecule has 5 rings (SSSR count). The van der Waals surface area contributed by atoms with E-state index in [1.807, 2.05) is 0 Å². The van der Waals surface area contributed by atoms with Gasteiger partial charge in [-0.05, 0) is 37.7 Å². The fourth-order valence-electron chi connectivity index (χ4n) is 4.33. The third-order valence-electron chi connectivity index (χ3n) is 5.64. The Labute approximate surface area is 152 Å². The van der Waals surface area contributed by atoms with E-state index in [4.69, 9.17) is 4.74 Å². The molecule has 1 saturated heterocycles. The second-order valence-corrected chi connectivity index (χ2v) is 8.29. The number of H-pyrrole nitrogens is 1. The zero-order chi connectivity index (χ0) is 17.1. The van der Waals surface area contributed by atoms with Crippen molar-refractivity contribution in [1.82, 2.24) is 14.9 Å². The standard InChI is InChI=1S/C10H19NO.C9H8N2OS/c1-2-4-10(5-3-1)11-6-8-12-9-7-11;12-8-7-5-2-1-3-6(5)13-9(7)11-4-10-8/h10H,1-9H2;4H,1-3H2,(H,10,11,12). The van der Waals surface area contributed by atoms with Crippen LogP contribution in [-0.4, -0.2) is 47.2 Å². The molecule has 0 amide bonds. The van der Waals surface area contributed by atoms with Crippen LogP contribution in [0.3, 0.4) is 0 Å². The monoisotopic (exact) mass is 361 g/mol. The second-order valence-electron chi connectivity index (χ2n) is 7.21. The molecule has 136 valence electrons. The lowest BCUT2D eigenvalue weighted by atomic mass is 9.94. The van der Waals surface area contributed by atoms with Crippen LogP contribution in [0.15, 0.2) is 11.1 Å². The Bertz CT molecular complexity index is 742. The lowest BCUT2D eigenvalue weighted by Gasteiger charge is -2.36. The van der Waals surface area contributed by atoms with E-state index in [0.29, 0.717) is 0 Å². The zero-order valence-corrected chi connectivity index (χ0v) is 15.6. The summed E-state index contributed by atoms with van der Waals surface area (Å²) in [5.41, 5.74) is 1.26. The molecule has 0 spiro atoms. The fraction of sp³-hybridized carbons (Fsp3) is 0.684. The molecule has 2 fully saturated rings. The molecule has 5 nitrogen and oxygen atoms in total. The van der Waals surface area contributed by atoms with Crippen LogP contribution in [0.25, 0.3) is 10.2 Å². The summed E-state index contributed by atoms with van der Waals surface area (Å²) in [7, 11) is 0. The second kappa shape index (κ2) is 7.98. The molecule has 3 heterocycles. The predicted octanol–water partition coefficient (Wildman–Crippen LogP) is 3.12. The molecule has 0 radical (unpaired) electrons. The molecule has 1 aliphatic heterocycles. The van der Waals surface area contributed by atoms with E-state index in [1.165, 1.54) is 68.4 Å². The molecule has 0 atom stereocenters. The third kappa shape index (κ3) is 3.81. The van der Waals surface area contributed by atoms with Crippen molar-refractivity contribution in [3.8, 4) is 0 Å². The van der Waals surface area contributed by atoms with Crippen molar-refractivity contribution >= 4 is 21.6 Å². The van der Waals surface area contributed by atoms with Gasteiger partial charge in [0, 0.05) is 24.0 Å². The largest absolute Gasteiger partial charge is 0.379 e. The van der Waals surface area contributed by atoms with E-state index in [0.717, 1.165) is 42.3 Å². The minimum atomic E-state index is 0.0180. The van der Waals surface area contributed by atoms with Crippen LogP contribution in [0.2, 0.25) is 0 Å². The SMILES string of the molecule is C1CCC(N2CCOCC2)CC1.O=c1[nH]cnc2sc3c(c12)CCC3. The topological polar surface area (TPSA) is 58.2 Å². The number of aromatic amines is 1. The molecule has 3 aliphatic rings. The summed E-state index contributed by atoms with van der Waals surface area (Å²) in [6.45, 7) is 4.25. The summed E-state index contributed by atoms with van der Waals surface area (Å²) in [4.78, 5) is 23.2. The molecule has 0 unspecified atom stereocenters. The average Bonchev–Trinajstić information content (AvgIpc) is 3.25. The van der Waals surface area contributed by atoms with Gasteiger partial charge in [-0.15, -0.1) is 11.3 Å². The van der Waals surface area contributed by atoms with Gasteiger partial charge in [-0.3, -0.25) is 9.69 Å². The quantitative estimate of drug-likeness (QED) is 0.848. The van der Waals surface area contributed by atoms with Crippen molar-refractivity contribution in [1.29, 1.82) is 0 Å². The first-order chi connectivity index (χ1) is 12.3. The Morgan fingerprint density at radius 1 is 1.12 bits per heavy atom. The van der Waals surface area contributed by atoms with E-state index in [-0.39, 0.29) is 5.56 Å². The van der Waals surface area contributed by atoms with Gasteiger partial charge in [0.1, 0.15) is 4.83 Å². The number of aryl methyl sites for hydroxylation is 2. The number of thiophene rings is 1. The molecule has 1 N–H and O–H groups in total. The number of aromatic nitrogens is 2. The Hall–Kier alpha value is -1.24. The number of nitrogens with one attached hydrogen (secondary N) is 1. The van der Waals surface area contributed by atoms with Gasteiger partial charge in [0.05, 0.1) is 24.9 Å². The lowest BCUT2D eigenvalue weighted by molar-refractivity contribution is 0.00858. The van der Waals surface area contributed by atoms with Gasteiger partial charge in [-0.2, -0.15) is 0 Å². The Morgan fingerprint density at radius 3 is 2.72 bits per heavy atom. The number of nitrogens with zero attached hydrogens (tertiary/aromatic N) is 2. The first kappa shape index (κ1) is 17.2. The highest BCUT2D eigenvalue weighted by Gasteiger charge is 2.22. The van der Waals surface area contributed by atoms with Crippen molar-refractivity contribution in [3.05, 3.63) is 27.1 Å².